The second-order valence-electron chi connectivity index (χ2n) is 7.89. The van der Waals surface area contributed by atoms with E-state index < -0.39 is 98.1 Å². The van der Waals surface area contributed by atoms with Crippen molar-refractivity contribution in [3.8, 4) is 0 Å². The molecule has 0 radical (unpaired) electrons. The highest BCUT2D eigenvalue weighted by Gasteiger charge is 2.85. The summed E-state index contributed by atoms with van der Waals surface area (Å²) < 4.78 is 231. The number of hydrogen-bond donors (Lipinski definition) is 1. The van der Waals surface area contributed by atoms with Crippen molar-refractivity contribution >= 4 is 11.8 Å². The second-order valence-corrected chi connectivity index (χ2v) is 7.89. The number of nitrogens with one attached hydrogen (secondary N) is 1. The van der Waals surface area contributed by atoms with Crippen LogP contribution in [0.1, 0.15) is 12.8 Å². The maximum Gasteiger partial charge on any atom is 0.460 e. The molecular weight excluding hydrogens is 594 g/mol. The molecule has 4 nitrogen and oxygen atoms in total. The first-order chi connectivity index (χ1) is 16.5. The van der Waals surface area contributed by atoms with Crippen molar-refractivity contribution in [1.29, 1.82) is 0 Å². The Hall–Kier alpha value is -2.32. The van der Waals surface area contributed by atoms with E-state index in [0.717, 1.165) is 5.32 Å². The monoisotopic (exact) mass is 606 g/mol. The van der Waals surface area contributed by atoms with E-state index in [-0.39, 0.29) is 4.90 Å². The zero-order valence-corrected chi connectivity index (χ0v) is 17.7. The maximum atomic E-state index is 13.7. The summed E-state index contributed by atoms with van der Waals surface area (Å²) in [5, 5.41) is 0.892. The van der Waals surface area contributed by atoms with Gasteiger partial charge in [0, 0.05) is 19.6 Å². The molecule has 0 aromatic heterocycles. The summed E-state index contributed by atoms with van der Waals surface area (Å²) in [5.41, 5.74) is 0. The summed E-state index contributed by atoms with van der Waals surface area (Å²) in [5.74, 6) is -50.5. The van der Waals surface area contributed by atoms with Crippen molar-refractivity contribution in [1.82, 2.24) is 10.2 Å². The van der Waals surface area contributed by atoms with Gasteiger partial charge in [-0.25, -0.2) is 0 Å². The van der Waals surface area contributed by atoms with Gasteiger partial charge in [0.15, 0.2) is 0 Å². The van der Waals surface area contributed by atoms with Crippen molar-refractivity contribution < 1.29 is 88.6 Å². The number of rotatable bonds is 8. The minimum absolute atomic E-state index is 0.342. The van der Waals surface area contributed by atoms with Crippen LogP contribution in [-0.4, -0.2) is 84.2 Å². The van der Waals surface area contributed by atoms with Gasteiger partial charge >= 0.3 is 47.9 Å². The molecule has 1 saturated heterocycles. The summed E-state index contributed by atoms with van der Waals surface area (Å²) >= 11 is 0. The van der Waals surface area contributed by atoms with Gasteiger partial charge in [-0.15, -0.1) is 0 Å². The van der Waals surface area contributed by atoms with Gasteiger partial charge in [0.25, 0.3) is 11.8 Å². The first kappa shape index (κ1) is 33.7. The molecule has 0 aromatic carbocycles. The van der Waals surface area contributed by atoms with E-state index in [1.54, 1.807) is 0 Å². The SMILES string of the molecule is O=C(NCC1CCN(C(=O)C(F)(F)C(F)(F)C(F)(F)C(F)(F)F)CC1)C(F)(F)C(F)(F)C(F)(F)C(F)(F)F. The third-order valence-electron chi connectivity index (χ3n) is 5.30. The van der Waals surface area contributed by atoms with Crippen molar-refractivity contribution in [3.05, 3.63) is 0 Å². The highest BCUT2D eigenvalue weighted by molar-refractivity contribution is 5.85. The number of halogens is 18. The molecule has 0 atom stereocenters. The first-order valence-corrected chi connectivity index (χ1v) is 9.49. The van der Waals surface area contributed by atoms with E-state index in [1.165, 1.54) is 0 Å². The number of amides is 2. The Morgan fingerprint density at radius 1 is 0.579 bits per heavy atom. The van der Waals surface area contributed by atoms with Crippen LogP contribution in [0.15, 0.2) is 0 Å². The van der Waals surface area contributed by atoms with Crippen LogP contribution in [0.25, 0.3) is 0 Å². The molecule has 1 aliphatic rings. The van der Waals surface area contributed by atoms with Crippen LogP contribution in [-0.2, 0) is 9.59 Å². The van der Waals surface area contributed by atoms with Crippen molar-refractivity contribution in [2.24, 2.45) is 5.92 Å². The average molecular weight is 606 g/mol. The van der Waals surface area contributed by atoms with Crippen LogP contribution in [0.3, 0.4) is 0 Å². The van der Waals surface area contributed by atoms with Crippen LogP contribution in [0.5, 0.6) is 0 Å². The summed E-state index contributed by atoms with van der Waals surface area (Å²) in [6, 6.07) is 0. The lowest BCUT2D eigenvalue weighted by Crippen LogP contribution is -2.66. The van der Waals surface area contributed by atoms with Gasteiger partial charge < -0.3 is 10.2 Å². The Kier molecular flexibility index (Phi) is 8.61. The molecule has 1 N–H and O–H groups in total. The van der Waals surface area contributed by atoms with E-state index in [9.17, 15) is 88.6 Å². The molecule has 38 heavy (non-hydrogen) atoms. The standard InChI is InChI=1S/C16H12F18N2O2/c17-9(18,11(21,22)13(25,26)15(29,30)31)7(37)35-5-6-1-3-36(4-2-6)8(38)10(19,20)12(23,24)14(27,28)16(32,33)34/h6H,1-5H2,(H,35,37). The zero-order chi connectivity index (χ0) is 30.6. The molecule has 0 aromatic rings. The summed E-state index contributed by atoms with van der Waals surface area (Å²) in [7, 11) is 0. The van der Waals surface area contributed by atoms with E-state index >= 15 is 0 Å². The molecule has 0 unspecified atom stereocenters. The van der Waals surface area contributed by atoms with E-state index in [0.29, 0.717) is 0 Å². The average Bonchev–Trinajstić information content (AvgIpc) is 2.75. The number of carbonyl (C=O) groups excluding carboxylic acids is 2. The molecule has 2 amide bonds. The Balaban J connectivity index is 2.88. The quantitative estimate of drug-likeness (QED) is 0.383. The fourth-order valence-corrected chi connectivity index (χ4v) is 2.91. The second kappa shape index (κ2) is 9.70. The molecular formula is C16H12F18N2O2. The van der Waals surface area contributed by atoms with Gasteiger partial charge in [0.2, 0.25) is 0 Å². The third kappa shape index (κ3) is 5.26. The number of piperidine rings is 1. The van der Waals surface area contributed by atoms with Crippen LogP contribution >= 0.6 is 0 Å². The third-order valence-corrected chi connectivity index (χ3v) is 5.30. The van der Waals surface area contributed by atoms with E-state index in [4.69, 9.17) is 0 Å². The number of carbonyl (C=O) groups is 2. The van der Waals surface area contributed by atoms with E-state index in [1.807, 2.05) is 0 Å². The molecule has 1 aliphatic heterocycles. The highest BCUT2D eigenvalue weighted by atomic mass is 19.4. The molecule has 0 spiro atoms. The van der Waals surface area contributed by atoms with Gasteiger partial charge in [-0.3, -0.25) is 9.59 Å². The fraction of sp³-hybridized carbons (Fsp3) is 0.875. The van der Waals surface area contributed by atoms with Gasteiger partial charge in [-0.1, -0.05) is 0 Å². The molecule has 224 valence electrons. The first-order valence-electron chi connectivity index (χ1n) is 9.49. The van der Waals surface area contributed by atoms with Gasteiger partial charge in [-0.2, -0.15) is 79.0 Å². The molecule has 22 heteroatoms. The Morgan fingerprint density at radius 2 is 0.921 bits per heavy atom. The van der Waals surface area contributed by atoms with Gasteiger partial charge in [-0.05, 0) is 18.8 Å². The molecule has 0 saturated carbocycles. The Morgan fingerprint density at radius 3 is 1.26 bits per heavy atom. The smallest absolute Gasteiger partial charge is 0.350 e. The maximum absolute atomic E-state index is 13.7. The lowest BCUT2D eigenvalue weighted by molar-refractivity contribution is -0.389. The molecule has 0 aliphatic carbocycles. The van der Waals surface area contributed by atoms with Gasteiger partial charge in [0.05, 0.1) is 0 Å². The number of alkyl halides is 18. The Bertz CT molecular complexity index is 886. The minimum Gasteiger partial charge on any atom is -0.350 e. The molecule has 1 fully saturated rings. The van der Waals surface area contributed by atoms with Crippen molar-refractivity contribution in [3.63, 3.8) is 0 Å². The van der Waals surface area contributed by atoms with Crippen molar-refractivity contribution in [2.75, 3.05) is 19.6 Å². The molecule has 1 heterocycles. The van der Waals surface area contributed by atoms with Crippen LogP contribution in [0.4, 0.5) is 79.0 Å². The number of nitrogens with zero attached hydrogens (tertiary/aromatic N) is 1. The van der Waals surface area contributed by atoms with Crippen molar-refractivity contribution in [2.45, 2.75) is 60.7 Å². The van der Waals surface area contributed by atoms with Crippen LogP contribution in [0.2, 0.25) is 0 Å². The van der Waals surface area contributed by atoms with Crippen LogP contribution in [0, 0.1) is 5.92 Å². The van der Waals surface area contributed by atoms with Gasteiger partial charge in [0.1, 0.15) is 0 Å². The topological polar surface area (TPSA) is 49.4 Å². The normalized spacial score (nSPS) is 18.0. The van der Waals surface area contributed by atoms with E-state index in [2.05, 4.69) is 0 Å². The predicted molar refractivity (Wildman–Crippen MR) is 84.1 cm³/mol. The number of hydrogen-bond acceptors (Lipinski definition) is 2. The molecule has 1 rings (SSSR count). The largest absolute Gasteiger partial charge is 0.460 e. The fourth-order valence-electron chi connectivity index (χ4n) is 2.91. The summed E-state index contributed by atoms with van der Waals surface area (Å²) in [6.45, 7) is -3.62. The Labute approximate surface area is 198 Å². The minimum atomic E-state index is -7.39. The number of likely N-dealkylation sites (tertiary alicyclic amines) is 1. The highest BCUT2D eigenvalue weighted by Crippen LogP contribution is 2.54. The zero-order valence-electron chi connectivity index (χ0n) is 17.7. The lowest BCUT2D eigenvalue weighted by atomic mass is 9.94. The summed E-state index contributed by atoms with van der Waals surface area (Å²) in [4.78, 5) is 22.5. The lowest BCUT2D eigenvalue weighted by Gasteiger charge is -2.38. The van der Waals surface area contributed by atoms with Crippen LogP contribution < -0.4 is 5.32 Å². The predicted octanol–water partition coefficient (Wildman–Crippen LogP) is 5.28. The molecule has 0 bridgehead atoms. The summed E-state index contributed by atoms with van der Waals surface area (Å²) in [6.07, 6.45) is -16.1.